The van der Waals surface area contributed by atoms with E-state index in [4.69, 9.17) is 17.0 Å². The predicted octanol–water partition coefficient (Wildman–Crippen LogP) is 4.08. The Bertz CT molecular complexity index is 634. The molecule has 19 heavy (non-hydrogen) atoms. The molecule has 0 radical (unpaired) electrons. The minimum absolute atomic E-state index is 0.611. The third kappa shape index (κ3) is 3.20. The largest absolute Gasteiger partial charge is 0.496 e. The molecule has 2 rings (SSSR count). The molecule has 1 aromatic carbocycles. The Hall–Kier alpha value is -1.68. The Morgan fingerprint density at radius 3 is 2.79 bits per heavy atom. The molecule has 1 aromatic heterocycles. The van der Waals surface area contributed by atoms with Crippen molar-refractivity contribution in [2.45, 2.75) is 26.7 Å². The summed E-state index contributed by atoms with van der Waals surface area (Å²) >= 11 is 5.23. The first-order valence-electron chi connectivity index (χ1n) is 6.39. The molecule has 100 valence electrons. The molecule has 0 saturated carbocycles. The SMILES string of the molecule is CCCc1cc(=S)nc(-c2ccc(C)cc2OC)[nH]1. The summed E-state index contributed by atoms with van der Waals surface area (Å²) in [5.41, 5.74) is 3.21. The van der Waals surface area contributed by atoms with Crippen LogP contribution in [0.25, 0.3) is 11.4 Å². The molecule has 1 heterocycles. The third-order valence-corrected chi connectivity index (χ3v) is 3.14. The first-order chi connectivity index (χ1) is 9.13. The summed E-state index contributed by atoms with van der Waals surface area (Å²) in [6.45, 7) is 4.18. The van der Waals surface area contributed by atoms with Gasteiger partial charge in [0.15, 0.2) is 0 Å². The summed E-state index contributed by atoms with van der Waals surface area (Å²) in [5, 5.41) is 0. The molecule has 2 aromatic rings. The van der Waals surface area contributed by atoms with Gasteiger partial charge in [-0.2, -0.15) is 0 Å². The Labute approximate surface area is 118 Å². The Morgan fingerprint density at radius 2 is 2.11 bits per heavy atom. The van der Waals surface area contributed by atoms with E-state index < -0.39 is 0 Å². The van der Waals surface area contributed by atoms with Crippen LogP contribution in [-0.4, -0.2) is 17.1 Å². The van der Waals surface area contributed by atoms with Crippen LogP contribution in [0, 0.1) is 11.6 Å². The molecule has 0 saturated heterocycles. The Kier molecular flexibility index (Phi) is 4.32. The average molecular weight is 274 g/mol. The molecular formula is C15H18N2OS. The summed E-state index contributed by atoms with van der Waals surface area (Å²) in [7, 11) is 1.67. The maximum atomic E-state index is 5.43. The smallest absolute Gasteiger partial charge is 0.142 e. The number of rotatable bonds is 4. The number of aromatic amines is 1. The number of H-pyrrole nitrogens is 1. The molecular weight excluding hydrogens is 256 g/mol. The third-order valence-electron chi connectivity index (χ3n) is 2.93. The van der Waals surface area contributed by atoms with Crippen LogP contribution in [0.2, 0.25) is 0 Å². The molecule has 0 bridgehead atoms. The number of methoxy groups -OCH3 is 1. The van der Waals surface area contributed by atoms with Gasteiger partial charge in [-0.15, -0.1) is 0 Å². The lowest BCUT2D eigenvalue weighted by molar-refractivity contribution is 0.416. The molecule has 0 fully saturated rings. The van der Waals surface area contributed by atoms with Crippen molar-refractivity contribution in [1.29, 1.82) is 0 Å². The first kappa shape index (κ1) is 13.7. The predicted molar refractivity (Wildman–Crippen MR) is 80.1 cm³/mol. The van der Waals surface area contributed by atoms with E-state index >= 15 is 0 Å². The van der Waals surface area contributed by atoms with E-state index in [-0.39, 0.29) is 0 Å². The topological polar surface area (TPSA) is 37.9 Å². The molecule has 3 nitrogen and oxygen atoms in total. The quantitative estimate of drug-likeness (QED) is 0.854. The van der Waals surface area contributed by atoms with Gasteiger partial charge in [-0.1, -0.05) is 31.6 Å². The van der Waals surface area contributed by atoms with E-state index in [1.165, 1.54) is 0 Å². The zero-order chi connectivity index (χ0) is 13.8. The normalized spacial score (nSPS) is 10.5. The van der Waals surface area contributed by atoms with Gasteiger partial charge in [-0.25, -0.2) is 4.98 Å². The van der Waals surface area contributed by atoms with Crippen molar-refractivity contribution in [3.63, 3.8) is 0 Å². The van der Waals surface area contributed by atoms with Gasteiger partial charge in [0.05, 0.1) is 12.7 Å². The lowest BCUT2D eigenvalue weighted by atomic mass is 10.1. The summed E-state index contributed by atoms with van der Waals surface area (Å²) in [6.07, 6.45) is 2.03. The number of hydrogen-bond donors (Lipinski definition) is 1. The molecule has 1 N–H and O–H groups in total. The van der Waals surface area contributed by atoms with E-state index in [1.54, 1.807) is 7.11 Å². The molecule has 0 unspecified atom stereocenters. The average Bonchev–Trinajstić information content (AvgIpc) is 2.38. The van der Waals surface area contributed by atoms with Gasteiger partial charge in [-0.05, 0) is 37.1 Å². The number of aryl methyl sites for hydroxylation is 2. The maximum absolute atomic E-state index is 5.43. The van der Waals surface area contributed by atoms with Crippen molar-refractivity contribution >= 4 is 12.2 Å². The molecule has 0 atom stereocenters. The van der Waals surface area contributed by atoms with E-state index in [0.29, 0.717) is 4.64 Å². The summed E-state index contributed by atoms with van der Waals surface area (Å²) in [6, 6.07) is 7.98. The van der Waals surface area contributed by atoms with Crippen LogP contribution in [0.1, 0.15) is 24.6 Å². The Balaban J connectivity index is 2.55. The number of hydrogen-bond acceptors (Lipinski definition) is 3. The minimum atomic E-state index is 0.611. The second kappa shape index (κ2) is 5.97. The molecule has 0 amide bonds. The van der Waals surface area contributed by atoms with E-state index in [1.807, 2.05) is 31.2 Å². The van der Waals surface area contributed by atoms with Gasteiger partial charge in [0, 0.05) is 5.69 Å². The summed E-state index contributed by atoms with van der Waals surface area (Å²) < 4.78 is 6.04. The van der Waals surface area contributed by atoms with Crippen molar-refractivity contribution < 1.29 is 4.74 Å². The zero-order valence-electron chi connectivity index (χ0n) is 11.5. The van der Waals surface area contributed by atoms with Gasteiger partial charge in [0.2, 0.25) is 0 Å². The van der Waals surface area contributed by atoms with Crippen molar-refractivity contribution in [2.75, 3.05) is 7.11 Å². The molecule has 0 aliphatic rings. The van der Waals surface area contributed by atoms with Crippen LogP contribution < -0.4 is 4.74 Å². The standard InChI is InChI=1S/C15H18N2OS/c1-4-5-11-9-14(19)17-15(16-11)12-7-6-10(2)8-13(12)18-3/h6-9H,4-5H2,1-3H3,(H,16,17,19). The fourth-order valence-electron chi connectivity index (χ4n) is 2.03. The Morgan fingerprint density at radius 1 is 1.32 bits per heavy atom. The lowest BCUT2D eigenvalue weighted by Gasteiger charge is -2.10. The highest BCUT2D eigenvalue weighted by Crippen LogP contribution is 2.28. The van der Waals surface area contributed by atoms with Crippen LogP contribution in [-0.2, 0) is 6.42 Å². The second-order valence-corrected chi connectivity index (χ2v) is 4.97. The van der Waals surface area contributed by atoms with Crippen LogP contribution in [0.5, 0.6) is 5.75 Å². The number of nitrogens with one attached hydrogen (secondary N) is 1. The zero-order valence-corrected chi connectivity index (χ0v) is 12.3. The number of benzene rings is 1. The van der Waals surface area contributed by atoms with E-state index in [2.05, 4.69) is 16.9 Å². The van der Waals surface area contributed by atoms with Gasteiger partial charge < -0.3 is 9.72 Å². The number of aromatic nitrogens is 2. The highest BCUT2D eigenvalue weighted by atomic mass is 32.1. The van der Waals surface area contributed by atoms with Crippen LogP contribution in [0.3, 0.4) is 0 Å². The molecule has 0 aliphatic carbocycles. The van der Waals surface area contributed by atoms with Gasteiger partial charge in [-0.3, -0.25) is 0 Å². The van der Waals surface area contributed by atoms with E-state index in [0.717, 1.165) is 41.2 Å². The summed E-state index contributed by atoms with van der Waals surface area (Å²) in [5.74, 6) is 1.58. The maximum Gasteiger partial charge on any atom is 0.142 e. The van der Waals surface area contributed by atoms with Crippen molar-refractivity contribution in [1.82, 2.24) is 9.97 Å². The minimum Gasteiger partial charge on any atom is -0.496 e. The van der Waals surface area contributed by atoms with Crippen LogP contribution in [0.15, 0.2) is 24.3 Å². The van der Waals surface area contributed by atoms with Gasteiger partial charge >= 0.3 is 0 Å². The van der Waals surface area contributed by atoms with Gasteiger partial charge in [0.25, 0.3) is 0 Å². The van der Waals surface area contributed by atoms with Crippen molar-refractivity contribution in [2.24, 2.45) is 0 Å². The molecule has 0 aliphatic heterocycles. The first-order valence-corrected chi connectivity index (χ1v) is 6.80. The number of ether oxygens (including phenoxy) is 1. The monoisotopic (exact) mass is 274 g/mol. The van der Waals surface area contributed by atoms with Crippen molar-refractivity contribution in [3.05, 3.63) is 40.2 Å². The summed E-state index contributed by atoms with van der Waals surface area (Å²) in [4.78, 5) is 7.74. The fourth-order valence-corrected chi connectivity index (χ4v) is 2.27. The second-order valence-electron chi connectivity index (χ2n) is 4.55. The van der Waals surface area contributed by atoms with E-state index in [9.17, 15) is 0 Å². The molecule has 4 heteroatoms. The lowest BCUT2D eigenvalue weighted by Crippen LogP contribution is -1.98. The highest BCUT2D eigenvalue weighted by molar-refractivity contribution is 7.71. The fraction of sp³-hybridized carbons (Fsp3) is 0.333. The van der Waals surface area contributed by atoms with Crippen molar-refractivity contribution in [3.8, 4) is 17.1 Å². The number of nitrogens with zero attached hydrogens (tertiary/aromatic N) is 1. The van der Waals surface area contributed by atoms with Crippen LogP contribution >= 0.6 is 12.2 Å². The molecule has 0 spiro atoms. The van der Waals surface area contributed by atoms with Crippen LogP contribution in [0.4, 0.5) is 0 Å². The highest BCUT2D eigenvalue weighted by Gasteiger charge is 2.09. The van der Waals surface area contributed by atoms with Gasteiger partial charge in [0.1, 0.15) is 16.2 Å².